The average Bonchev–Trinajstić information content (AvgIpc) is 2.05. The van der Waals surface area contributed by atoms with Crippen LogP contribution in [0.25, 0.3) is 0 Å². The summed E-state index contributed by atoms with van der Waals surface area (Å²) < 4.78 is 5.08. The maximum Gasteiger partial charge on any atom is 0.153 e. The quantitative estimate of drug-likeness (QED) is 0.570. The highest BCUT2D eigenvalue weighted by molar-refractivity contribution is 5.03. The highest BCUT2D eigenvalue weighted by Gasteiger charge is 2.34. The second-order valence-electron chi connectivity index (χ2n) is 3.10. The van der Waals surface area contributed by atoms with Crippen molar-refractivity contribution in [3.63, 3.8) is 0 Å². The van der Waals surface area contributed by atoms with Crippen molar-refractivity contribution in [2.75, 3.05) is 7.11 Å². The van der Waals surface area contributed by atoms with E-state index in [1.54, 1.807) is 7.11 Å². The van der Waals surface area contributed by atoms with Crippen LogP contribution in [0.3, 0.4) is 0 Å². The third kappa shape index (κ3) is 1.92. The predicted molar refractivity (Wildman–Crippen MR) is 39.8 cm³/mol. The largest absolute Gasteiger partial charge is 0.381 e. The fraction of sp³-hybridized carbons (Fsp3) is 0.875. The molecule has 0 aromatic rings. The SMILES string of the molecule is COC1CCCC(O)(C#N)C1. The molecular formula is C8H13NO2. The first-order valence-corrected chi connectivity index (χ1v) is 3.86. The van der Waals surface area contributed by atoms with E-state index in [9.17, 15) is 5.11 Å². The zero-order valence-electron chi connectivity index (χ0n) is 6.71. The van der Waals surface area contributed by atoms with Crippen molar-refractivity contribution in [2.45, 2.75) is 37.4 Å². The van der Waals surface area contributed by atoms with Crippen molar-refractivity contribution < 1.29 is 9.84 Å². The molecule has 0 bridgehead atoms. The van der Waals surface area contributed by atoms with Gasteiger partial charge >= 0.3 is 0 Å². The fourth-order valence-corrected chi connectivity index (χ4v) is 1.51. The summed E-state index contributed by atoms with van der Waals surface area (Å²) in [7, 11) is 1.62. The Kier molecular flexibility index (Phi) is 2.48. The summed E-state index contributed by atoms with van der Waals surface area (Å²) in [6, 6.07) is 1.92. The Hall–Kier alpha value is -0.590. The predicted octanol–water partition coefficient (Wildman–Crippen LogP) is 0.830. The monoisotopic (exact) mass is 155 g/mol. The van der Waals surface area contributed by atoms with E-state index in [2.05, 4.69) is 0 Å². The van der Waals surface area contributed by atoms with Gasteiger partial charge < -0.3 is 9.84 Å². The minimum absolute atomic E-state index is 0.0633. The van der Waals surface area contributed by atoms with Crippen LogP contribution in [0.1, 0.15) is 25.7 Å². The molecule has 1 aliphatic rings. The van der Waals surface area contributed by atoms with Gasteiger partial charge in [-0.25, -0.2) is 0 Å². The van der Waals surface area contributed by atoms with E-state index in [1.165, 1.54) is 0 Å². The fourth-order valence-electron chi connectivity index (χ4n) is 1.51. The number of rotatable bonds is 1. The van der Waals surface area contributed by atoms with Gasteiger partial charge in [0.15, 0.2) is 5.60 Å². The van der Waals surface area contributed by atoms with Crippen LogP contribution < -0.4 is 0 Å². The summed E-state index contributed by atoms with van der Waals surface area (Å²) in [5.41, 5.74) is -1.13. The lowest BCUT2D eigenvalue weighted by Gasteiger charge is -2.30. The Morgan fingerprint density at radius 1 is 1.73 bits per heavy atom. The molecule has 1 aliphatic carbocycles. The number of nitrogens with zero attached hydrogens (tertiary/aromatic N) is 1. The Balaban J connectivity index is 2.53. The molecule has 62 valence electrons. The molecule has 0 saturated heterocycles. The Labute approximate surface area is 66.6 Å². The first-order chi connectivity index (χ1) is 5.20. The first-order valence-electron chi connectivity index (χ1n) is 3.86. The van der Waals surface area contributed by atoms with Gasteiger partial charge in [0.1, 0.15) is 0 Å². The third-order valence-corrected chi connectivity index (χ3v) is 2.22. The molecule has 0 radical (unpaired) electrons. The average molecular weight is 155 g/mol. The van der Waals surface area contributed by atoms with Crippen LogP contribution >= 0.6 is 0 Å². The van der Waals surface area contributed by atoms with Gasteiger partial charge in [-0.2, -0.15) is 5.26 Å². The summed E-state index contributed by atoms with van der Waals surface area (Å²) in [4.78, 5) is 0. The summed E-state index contributed by atoms with van der Waals surface area (Å²) in [5, 5.41) is 18.1. The number of methoxy groups -OCH3 is 1. The normalized spacial score (nSPS) is 38.1. The van der Waals surface area contributed by atoms with Gasteiger partial charge in [0, 0.05) is 13.5 Å². The van der Waals surface area contributed by atoms with Gasteiger partial charge in [-0.15, -0.1) is 0 Å². The standard InChI is InChI=1S/C8H13NO2/c1-11-7-3-2-4-8(10,5-7)6-9/h7,10H,2-5H2,1H3. The maximum absolute atomic E-state index is 9.54. The molecule has 1 N–H and O–H groups in total. The molecule has 0 aromatic heterocycles. The highest BCUT2D eigenvalue weighted by atomic mass is 16.5. The molecule has 0 aliphatic heterocycles. The van der Waals surface area contributed by atoms with Gasteiger partial charge in [0.25, 0.3) is 0 Å². The number of hydrogen-bond donors (Lipinski definition) is 1. The van der Waals surface area contributed by atoms with Crippen LogP contribution in [0.2, 0.25) is 0 Å². The van der Waals surface area contributed by atoms with Crippen LogP contribution in [-0.4, -0.2) is 23.9 Å². The van der Waals surface area contributed by atoms with Gasteiger partial charge in [-0.05, 0) is 19.3 Å². The zero-order chi connectivity index (χ0) is 8.32. The van der Waals surface area contributed by atoms with Crippen LogP contribution in [0, 0.1) is 11.3 Å². The van der Waals surface area contributed by atoms with E-state index in [0.29, 0.717) is 12.8 Å². The Morgan fingerprint density at radius 2 is 2.45 bits per heavy atom. The van der Waals surface area contributed by atoms with E-state index in [0.717, 1.165) is 12.8 Å². The lowest BCUT2D eigenvalue weighted by Crippen LogP contribution is -2.36. The molecule has 11 heavy (non-hydrogen) atoms. The van der Waals surface area contributed by atoms with Crippen LogP contribution in [0.4, 0.5) is 0 Å². The summed E-state index contributed by atoms with van der Waals surface area (Å²) in [5.74, 6) is 0. The van der Waals surface area contributed by atoms with E-state index in [1.807, 2.05) is 6.07 Å². The van der Waals surface area contributed by atoms with Crippen molar-refractivity contribution in [3.8, 4) is 6.07 Å². The number of aliphatic hydroxyl groups is 1. The van der Waals surface area contributed by atoms with Crippen molar-refractivity contribution in [1.82, 2.24) is 0 Å². The lowest BCUT2D eigenvalue weighted by molar-refractivity contribution is -0.0249. The van der Waals surface area contributed by atoms with E-state index in [4.69, 9.17) is 10.00 Å². The van der Waals surface area contributed by atoms with E-state index < -0.39 is 5.60 Å². The smallest absolute Gasteiger partial charge is 0.153 e. The van der Waals surface area contributed by atoms with Gasteiger partial charge in [-0.1, -0.05) is 0 Å². The molecule has 1 fully saturated rings. The first kappa shape index (κ1) is 8.51. The molecule has 2 atom stereocenters. The van der Waals surface area contributed by atoms with Gasteiger partial charge in [0.05, 0.1) is 12.2 Å². The molecule has 1 saturated carbocycles. The van der Waals surface area contributed by atoms with Crippen LogP contribution in [0.15, 0.2) is 0 Å². The number of nitriles is 1. The zero-order valence-corrected chi connectivity index (χ0v) is 6.71. The minimum atomic E-state index is -1.13. The Bertz CT molecular complexity index is 175. The molecule has 0 spiro atoms. The summed E-state index contributed by atoms with van der Waals surface area (Å²) >= 11 is 0. The topological polar surface area (TPSA) is 53.2 Å². The summed E-state index contributed by atoms with van der Waals surface area (Å²) in [6.07, 6.45) is 2.94. The van der Waals surface area contributed by atoms with Crippen LogP contribution in [-0.2, 0) is 4.74 Å². The van der Waals surface area contributed by atoms with E-state index >= 15 is 0 Å². The molecule has 0 aromatic carbocycles. The Morgan fingerprint density at radius 3 is 3.00 bits per heavy atom. The highest BCUT2D eigenvalue weighted by Crippen LogP contribution is 2.28. The van der Waals surface area contributed by atoms with Crippen molar-refractivity contribution in [1.29, 1.82) is 5.26 Å². The number of ether oxygens (including phenoxy) is 1. The summed E-state index contributed by atoms with van der Waals surface area (Å²) in [6.45, 7) is 0. The molecular weight excluding hydrogens is 142 g/mol. The number of hydrogen-bond acceptors (Lipinski definition) is 3. The van der Waals surface area contributed by atoms with Gasteiger partial charge in [0.2, 0.25) is 0 Å². The molecule has 0 heterocycles. The van der Waals surface area contributed by atoms with Gasteiger partial charge in [-0.3, -0.25) is 0 Å². The molecule has 1 rings (SSSR count). The molecule has 2 unspecified atom stereocenters. The van der Waals surface area contributed by atoms with E-state index in [-0.39, 0.29) is 6.10 Å². The minimum Gasteiger partial charge on any atom is -0.381 e. The van der Waals surface area contributed by atoms with Crippen molar-refractivity contribution >= 4 is 0 Å². The third-order valence-electron chi connectivity index (χ3n) is 2.22. The van der Waals surface area contributed by atoms with Crippen molar-refractivity contribution in [3.05, 3.63) is 0 Å². The lowest BCUT2D eigenvalue weighted by atomic mass is 9.84. The molecule has 0 amide bonds. The molecule has 3 heteroatoms. The second kappa shape index (κ2) is 3.21. The molecule has 3 nitrogen and oxygen atoms in total. The van der Waals surface area contributed by atoms with Crippen LogP contribution in [0.5, 0.6) is 0 Å². The second-order valence-corrected chi connectivity index (χ2v) is 3.10. The van der Waals surface area contributed by atoms with Crippen molar-refractivity contribution in [2.24, 2.45) is 0 Å². The maximum atomic E-state index is 9.54.